The van der Waals surface area contributed by atoms with Crippen molar-refractivity contribution in [2.45, 2.75) is 25.8 Å². The van der Waals surface area contributed by atoms with Gasteiger partial charge in [-0.1, -0.05) is 12.1 Å². The topological polar surface area (TPSA) is 109 Å². The lowest BCUT2D eigenvalue weighted by Gasteiger charge is -2.36. The third-order valence-electron chi connectivity index (χ3n) is 6.37. The number of hydrogen-bond acceptors (Lipinski definition) is 8. The second-order valence-corrected chi connectivity index (χ2v) is 8.81. The number of ether oxygens (including phenoxy) is 1. The van der Waals surface area contributed by atoms with Crippen molar-refractivity contribution in [3.63, 3.8) is 0 Å². The molecule has 35 heavy (non-hydrogen) atoms. The number of para-hydroxylation sites is 2. The van der Waals surface area contributed by atoms with Crippen LogP contribution in [-0.2, 0) is 0 Å². The first-order chi connectivity index (χ1) is 17.1. The number of rotatable bonds is 9. The molecule has 0 unspecified atom stereocenters. The number of carbonyl (C=O) groups is 1. The first kappa shape index (κ1) is 22.9. The van der Waals surface area contributed by atoms with Gasteiger partial charge in [-0.25, -0.2) is 9.97 Å². The van der Waals surface area contributed by atoms with Gasteiger partial charge >= 0.3 is 0 Å². The third-order valence-corrected chi connectivity index (χ3v) is 6.37. The highest BCUT2D eigenvalue weighted by atomic mass is 16.5. The number of primary amides is 1. The van der Waals surface area contributed by atoms with Crippen molar-refractivity contribution in [3.8, 4) is 5.75 Å². The van der Waals surface area contributed by atoms with E-state index < -0.39 is 5.91 Å². The summed E-state index contributed by atoms with van der Waals surface area (Å²) in [5.41, 5.74) is 8.27. The fourth-order valence-electron chi connectivity index (χ4n) is 4.38. The summed E-state index contributed by atoms with van der Waals surface area (Å²) in [6.07, 6.45) is 6.06. The molecule has 1 saturated heterocycles. The number of hydrogen-bond donors (Lipinski definition) is 3. The van der Waals surface area contributed by atoms with Crippen LogP contribution in [0.4, 0.5) is 28.7 Å². The maximum absolute atomic E-state index is 12.0. The van der Waals surface area contributed by atoms with E-state index in [1.807, 2.05) is 43.5 Å². The number of amides is 1. The number of nitrogens with two attached hydrogens (primary N) is 1. The fourth-order valence-corrected chi connectivity index (χ4v) is 4.38. The molecule has 1 saturated carbocycles. The molecule has 0 radical (unpaired) electrons. The highest BCUT2D eigenvalue weighted by Gasteiger charge is 2.31. The van der Waals surface area contributed by atoms with Gasteiger partial charge in [-0.2, -0.15) is 0 Å². The quantitative estimate of drug-likeness (QED) is 0.431. The lowest BCUT2D eigenvalue weighted by atomic mass is 10.2. The second-order valence-electron chi connectivity index (χ2n) is 8.81. The van der Waals surface area contributed by atoms with Crippen LogP contribution < -0.4 is 26.0 Å². The Balaban J connectivity index is 1.29. The summed E-state index contributed by atoms with van der Waals surface area (Å²) in [6.45, 7) is 6.74. The molecule has 2 aromatic heterocycles. The lowest BCUT2D eigenvalue weighted by molar-refractivity contribution is 0.100. The van der Waals surface area contributed by atoms with E-state index in [9.17, 15) is 4.79 Å². The summed E-state index contributed by atoms with van der Waals surface area (Å²) in [6, 6.07) is 14.1. The Morgan fingerprint density at radius 2 is 1.77 bits per heavy atom. The van der Waals surface area contributed by atoms with E-state index in [2.05, 4.69) is 36.5 Å². The van der Waals surface area contributed by atoms with Crippen LogP contribution in [0.1, 0.15) is 30.1 Å². The minimum Gasteiger partial charge on any atom is -0.492 e. The number of benzene rings is 1. The molecule has 182 valence electrons. The number of aromatic nitrogens is 2. The normalized spacial score (nSPS) is 16.1. The molecule has 0 bridgehead atoms. The second kappa shape index (κ2) is 10.2. The molecule has 1 aliphatic carbocycles. The Kier molecular flexibility index (Phi) is 6.67. The molecule has 9 nitrogen and oxygen atoms in total. The zero-order valence-electron chi connectivity index (χ0n) is 19.9. The fraction of sp³-hybridized carbons (Fsp3) is 0.346. The predicted molar refractivity (Wildman–Crippen MR) is 138 cm³/mol. The number of pyridine rings is 2. The van der Waals surface area contributed by atoms with Gasteiger partial charge < -0.3 is 26.0 Å². The standard InChI is InChI=1S/C26H31N7O2/c1-2-35-23-6-4-3-5-21(23)30-22-15-25(29-17-20(22)26(27)34)31-24-10-9-19(16-28-24)33-13-11-32(12-14-33)18-7-8-18/h3-6,9-10,15-18H,2,7-8,11-14H2,1H3,(H2,27,34)(H2,28,29,30,31). The Bertz CT molecular complexity index is 1170. The van der Waals surface area contributed by atoms with Gasteiger partial charge in [0.1, 0.15) is 17.4 Å². The maximum Gasteiger partial charge on any atom is 0.252 e. The van der Waals surface area contributed by atoms with Crippen molar-refractivity contribution in [1.82, 2.24) is 14.9 Å². The van der Waals surface area contributed by atoms with Crippen LogP contribution >= 0.6 is 0 Å². The Morgan fingerprint density at radius 1 is 1.00 bits per heavy atom. The molecule has 5 rings (SSSR count). The van der Waals surface area contributed by atoms with Crippen molar-refractivity contribution < 1.29 is 9.53 Å². The van der Waals surface area contributed by atoms with Crippen LogP contribution in [0.3, 0.4) is 0 Å². The molecule has 0 atom stereocenters. The summed E-state index contributed by atoms with van der Waals surface area (Å²) >= 11 is 0. The minimum absolute atomic E-state index is 0.287. The van der Waals surface area contributed by atoms with E-state index in [0.29, 0.717) is 29.7 Å². The first-order valence-corrected chi connectivity index (χ1v) is 12.1. The highest BCUT2D eigenvalue weighted by molar-refractivity contribution is 5.99. The zero-order valence-corrected chi connectivity index (χ0v) is 19.9. The van der Waals surface area contributed by atoms with E-state index >= 15 is 0 Å². The van der Waals surface area contributed by atoms with Crippen LogP contribution in [0.5, 0.6) is 5.75 Å². The van der Waals surface area contributed by atoms with E-state index in [-0.39, 0.29) is 5.56 Å². The molecule has 1 aromatic carbocycles. The molecular formula is C26H31N7O2. The Hall–Kier alpha value is -3.85. The van der Waals surface area contributed by atoms with Crippen LogP contribution in [0, 0.1) is 0 Å². The molecule has 9 heteroatoms. The number of carbonyl (C=O) groups excluding carboxylic acids is 1. The third kappa shape index (κ3) is 5.46. The van der Waals surface area contributed by atoms with Gasteiger partial charge in [-0.05, 0) is 44.0 Å². The average Bonchev–Trinajstić information content (AvgIpc) is 3.72. The van der Waals surface area contributed by atoms with Crippen molar-refractivity contribution in [3.05, 3.63) is 60.4 Å². The van der Waals surface area contributed by atoms with E-state index in [1.54, 1.807) is 6.07 Å². The van der Waals surface area contributed by atoms with Crippen LogP contribution in [0.25, 0.3) is 0 Å². The maximum atomic E-state index is 12.0. The zero-order chi connectivity index (χ0) is 24.2. The molecule has 0 spiro atoms. The number of nitrogens with one attached hydrogen (secondary N) is 2. The molecule has 2 aliphatic rings. The molecule has 1 amide bonds. The predicted octanol–water partition coefficient (Wildman–Crippen LogP) is 3.75. The van der Waals surface area contributed by atoms with E-state index in [1.165, 1.54) is 19.0 Å². The Labute approximate surface area is 205 Å². The van der Waals surface area contributed by atoms with Gasteiger partial charge in [-0.3, -0.25) is 9.69 Å². The highest BCUT2D eigenvalue weighted by Crippen LogP contribution is 2.31. The molecule has 2 fully saturated rings. The van der Waals surface area contributed by atoms with E-state index in [4.69, 9.17) is 10.5 Å². The molecule has 3 aromatic rings. The monoisotopic (exact) mass is 473 g/mol. The summed E-state index contributed by atoms with van der Waals surface area (Å²) in [4.78, 5) is 25.9. The van der Waals surface area contributed by atoms with Gasteiger partial charge in [0.15, 0.2) is 0 Å². The van der Waals surface area contributed by atoms with Crippen molar-refractivity contribution in [2.24, 2.45) is 5.73 Å². The largest absolute Gasteiger partial charge is 0.492 e. The van der Waals surface area contributed by atoms with Gasteiger partial charge in [0.05, 0.1) is 35.4 Å². The number of anilines is 5. The number of nitrogens with zero attached hydrogens (tertiary/aromatic N) is 4. The summed E-state index contributed by atoms with van der Waals surface area (Å²) < 4.78 is 5.69. The summed E-state index contributed by atoms with van der Waals surface area (Å²) in [7, 11) is 0. The number of piperazine rings is 1. The van der Waals surface area contributed by atoms with Crippen molar-refractivity contribution >= 4 is 34.6 Å². The SMILES string of the molecule is CCOc1ccccc1Nc1cc(Nc2ccc(N3CCN(C4CC4)CC3)cn2)ncc1C(N)=O. The summed E-state index contributed by atoms with van der Waals surface area (Å²) in [5.74, 6) is 1.34. The first-order valence-electron chi connectivity index (χ1n) is 12.1. The average molecular weight is 474 g/mol. The van der Waals surface area contributed by atoms with Crippen LogP contribution in [-0.4, -0.2) is 59.6 Å². The van der Waals surface area contributed by atoms with Crippen molar-refractivity contribution in [1.29, 1.82) is 0 Å². The molecular weight excluding hydrogens is 442 g/mol. The lowest BCUT2D eigenvalue weighted by Crippen LogP contribution is -2.47. The van der Waals surface area contributed by atoms with Crippen LogP contribution in [0.15, 0.2) is 54.9 Å². The van der Waals surface area contributed by atoms with E-state index in [0.717, 1.165) is 43.6 Å². The van der Waals surface area contributed by atoms with Crippen molar-refractivity contribution in [2.75, 3.05) is 48.3 Å². The minimum atomic E-state index is -0.565. The molecule has 1 aliphatic heterocycles. The molecule has 4 N–H and O–H groups in total. The smallest absolute Gasteiger partial charge is 0.252 e. The van der Waals surface area contributed by atoms with Gasteiger partial charge in [-0.15, -0.1) is 0 Å². The van der Waals surface area contributed by atoms with Gasteiger partial charge in [0, 0.05) is 44.5 Å². The summed E-state index contributed by atoms with van der Waals surface area (Å²) in [5, 5.41) is 6.49. The van der Waals surface area contributed by atoms with Crippen LogP contribution in [0.2, 0.25) is 0 Å². The Morgan fingerprint density at radius 3 is 2.46 bits per heavy atom. The van der Waals surface area contributed by atoms with Gasteiger partial charge in [0.2, 0.25) is 0 Å². The van der Waals surface area contributed by atoms with Gasteiger partial charge in [0.25, 0.3) is 5.91 Å². The molecule has 3 heterocycles.